The highest BCUT2D eigenvalue weighted by atomic mass is 16.6. The van der Waals surface area contributed by atoms with E-state index in [0.29, 0.717) is 17.1 Å². The molecule has 29 heavy (non-hydrogen) atoms. The van der Waals surface area contributed by atoms with Crippen molar-refractivity contribution in [1.29, 1.82) is 0 Å². The summed E-state index contributed by atoms with van der Waals surface area (Å²) in [6, 6.07) is 12.8. The van der Waals surface area contributed by atoms with Crippen molar-refractivity contribution in [3.05, 3.63) is 86.1 Å². The van der Waals surface area contributed by atoms with Crippen molar-refractivity contribution in [3.8, 4) is 11.3 Å². The van der Waals surface area contributed by atoms with Gasteiger partial charge in [-0.25, -0.2) is 4.79 Å². The number of hydrogen-bond acceptors (Lipinski definition) is 8. The summed E-state index contributed by atoms with van der Waals surface area (Å²) in [7, 11) is 0. The van der Waals surface area contributed by atoms with Gasteiger partial charge in [0.05, 0.1) is 27.3 Å². The molecule has 1 aromatic heterocycles. The standard InChI is InChI=1S/C18H12N4O7/c23-18(24)14-4-2-1-3-13(14)17-8-6-12(29-17)10-19-20-11-5-7-15(21(25)26)16(9-11)22(27)28/h1-10,20H,(H,23,24)/b19-10+. The zero-order chi connectivity index (χ0) is 21.0. The van der Waals surface area contributed by atoms with Gasteiger partial charge in [0.15, 0.2) is 0 Å². The molecule has 2 N–H and O–H groups in total. The molecule has 0 saturated heterocycles. The number of furan rings is 1. The fourth-order valence-electron chi connectivity index (χ4n) is 2.52. The van der Waals surface area contributed by atoms with Crippen molar-refractivity contribution in [2.75, 3.05) is 5.43 Å². The van der Waals surface area contributed by atoms with Gasteiger partial charge in [0.25, 0.3) is 0 Å². The second-order valence-corrected chi connectivity index (χ2v) is 5.64. The lowest BCUT2D eigenvalue weighted by molar-refractivity contribution is -0.422. The Morgan fingerprint density at radius 1 is 1.03 bits per heavy atom. The maximum absolute atomic E-state index is 11.3. The van der Waals surface area contributed by atoms with Crippen LogP contribution in [-0.4, -0.2) is 27.1 Å². The molecule has 0 saturated carbocycles. The molecule has 0 unspecified atom stereocenters. The average Bonchev–Trinajstić information content (AvgIpc) is 3.16. The van der Waals surface area contributed by atoms with Crippen molar-refractivity contribution in [1.82, 2.24) is 0 Å². The molecule has 0 aliphatic carbocycles. The van der Waals surface area contributed by atoms with Crippen LogP contribution in [0.4, 0.5) is 17.1 Å². The molecule has 1 heterocycles. The summed E-state index contributed by atoms with van der Waals surface area (Å²) >= 11 is 0. The number of nitro benzene ring substituents is 2. The molecule has 2 aromatic carbocycles. The van der Waals surface area contributed by atoms with Gasteiger partial charge in [-0.15, -0.1) is 0 Å². The second-order valence-electron chi connectivity index (χ2n) is 5.64. The predicted molar refractivity (Wildman–Crippen MR) is 102 cm³/mol. The highest BCUT2D eigenvalue weighted by Gasteiger charge is 2.24. The normalized spacial score (nSPS) is 10.8. The number of hydrazone groups is 1. The summed E-state index contributed by atoms with van der Waals surface area (Å²) in [6.45, 7) is 0. The number of carboxylic acids is 1. The first-order valence-electron chi connectivity index (χ1n) is 8.01. The monoisotopic (exact) mass is 396 g/mol. The number of rotatable bonds is 7. The average molecular weight is 396 g/mol. The molecule has 0 aliphatic rings. The van der Waals surface area contributed by atoms with Crippen LogP contribution >= 0.6 is 0 Å². The number of nitrogens with zero attached hydrogens (tertiary/aromatic N) is 3. The Hall–Kier alpha value is -4.54. The van der Waals surface area contributed by atoms with Crippen LogP contribution < -0.4 is 5.43 Å². The third kappa shape index (κ3) is 4.24. The van der Waals surface area contributed by atoms with E-state index < -0.39 is 27.2 Å². The van der Waals surface area contributed by atoms with Gasteiger partial charge in [-0.3, -0.25) is 25.7 Å². The number of anilines is 1. The van der Waals surface area contributed by atoms with E-state index in [1.165, 1.54) is 18.3 Å². The molecule has 0 aliphatic heterocycles. The minimum absolute atomic E-state index is 0.0849. The van der Waals surface area contributed by atoms with E-state index in [2.05, 4.69) is 10.5 Å². The Balaban J connectivity index is 1.78. The topological polar surface area (TPSA) is 161 Å². The number of aromatic carboxylic acids is 1. The van der Waals surface area contributed by atoms with Gasteiger partial charge >= 0.3 is 17.3 Å². The largest absolute Gasteiger partial charge is 0.478 e. The van der Waals surface area contributed by atoms with Crippen molar-refractivity contribution in [2.24, 2.45) is 5.10 Å². The lowest BCUT2D eigenvalue weighted by Crippen LogP contribution is -1.98. The lowest BCUT2D eigenvalue weighted by Gasteiger charge is -2.02. The molecule has 11 heteroatoms. The molecular weight excluding hydrogens is 384 g/mol. The predicted octanol–water partition coefficient (Wildman–Crippen LogP) is 3.91. The van der Waals surface area contributed by atoms with E-state index in [-0.39, 0.29) is 11.3 Å². The van der Waals surface area contributed by atoms with Gasteiger partial charge in [0.1, 0.15) is 11.5 Å². The zero-order valence-electron chi connectivity index (χ0n) is 14.5. The van der Waals surface area contributed by atoms with Crippen molar-refractivity contribution >= 4 is 29.2 Å². The first kappa shape index (κ1) is 19.2. The summed E-state index contributed by atoms with van der Waals surface area (Å²) in [4.78, 5) is 31.4. The summed E-state index contributed by atoms with van der Waals surface area (Å²) < 4.78 is 5.56. The van der Waals surface area contributed by atoms with Gasteiger partial charge in [-0.1, -0.05) is 18.2 Å². The molecule has 11 nitrogen and oxygen atoms in total. The number of hydrogen-bond donors (Lipinski definition) is 2. The van der Waals surface area contributed by atoms with Gasteiger partial charge in [-0.2, -0.15) is 5.10 Å². The van der Waals surface area contributed by atoms with Crippen LogP contribution in [0.15, 0.2) is 64.1 Å². The maximum Gasteiger partial charge on any atom is 0.348 e. The number of nitro groups is 2. The molecule has 0 fully saturated rings. The molecule has 3 rings (SSSR count). The van der Waals surface area contributed by atoms with Crippen LogP contribution in [0.1, 0.15) is 16.1 Å². The zero-order valence-corrected chi connectivity index (χ0v) is 14.5. The Morgan fingerprint density at radius 3 is 2.45 bits per heavy atom. The minimum atomic E-state index is -1.09. The molecule has 0 bridgehead atoms. The number of nitrogens with one attached hydrogen (secondary N) is 1. The molecule has 0 atom stereocenters. The third-order valence-electron chi connectivity index (χ3n) is 3.80. The maximum atomic E-state index is 11.3. The summed E-state index contributed by atoms with van der Waals surface area (Å²) in [6.07, 6.45) is 1.28. The van der Waals surface area contributed by atoms with Crippen LogP contribution in [0.3, 0.4) is 0 Å². The Kier molecular flexibility index (Phi) is 5.30. The number of benzene rings is 2. The first-order valence-corrected chi connectivity index (χ1v) is 8.01. The summed E-state index contributed by atoms with van der Waals surface area (Å²) in [5.41, 5.74) is 1.88. The number of carboxylic acid groups (broad SMARTS) is 1. The van der Waals surface area contributed by atoms with E-state index in [4.69, 9.17) is 4.42 Å². The van der Waals surface area contributed by atoms with Gasteiger partial charge in [-0.05, 0) is 24.3 Å². The van der Waals surface area contributed by atoms with Gasteiger partial charge in [0, 0.05) is 17.7 Å². The van der Waals surface area contributed by atoms with E-state index in [1.54, 1.807) is 30.3 Å². The van der Waals surface area contributed by atoms with Crippen LogP contribution in [0.2, 0.25) is 0 Å². The molecule has 0 spiro atoms. The van der Waals surface area contributed by atoms with Gasteiger partial charge < -0.3 is 9.52 Å². The van der Waals surface area contributed by atoms with Crippen molar-refractivity contribution < 1.29 is 24.2 Å². The van der Waals surface area contributed by atoms with E-state index in [1.807, 2.05) is 0 Å². The van der Waals surface area contributed by atoms with E-state index >= 15 is 0 Å². The Morgan fingerprint density at radius 2 is 1.76 bits per heavy atom. The summed E-state index contributed by atoms with van der Waals surface area (Å²) in [5.74, 6) is -0.465. The van der Waals surface area contributed by atoms with Crippen molar-refractivity contribution in [2.45, 2.75) is 0 Å². The van der Waals surface area contributed by atoms with E-state index in [9.17, 15) is 30.1 Å². The fourth-order valence-corrected chi connectivity index (χ4v) is 2.52. The minimum Gasteiger partial charge on any atom is -0.478 e. The van der Waals surface area contributed by atoms with Crippen LogP contribution in [-0.2, 0) is 0 Å². The molecule has 0 radical (unpaired) electrons. The Bertz CT molecular complexity index is 1140. The third-order valence-corrected chi connectivity index (χ3v) is 3.80. The molecule has 146 valence electrons. The van der Waals surface area contributed by atoms with Crippen LogP contribution in [0, 0.1) is 20.2 Å². The first-order chi connectivity index (χ1) is 13.9. The Labute approximate surface area is 162 Å². The van der Waals surface area contributed by atoms with Crippen molar-refractivity contribution in [3.63, 3.8) is 0 Å². The summed E-state index contributed by atoms with van der Waals surface area (Å²) in [5, 5.41) is 34.9. The SMILES string of the molecule is O=C(O)c1ccccc1-c1ccc(/C=N/Nc2ccc([N+](=O)[O-])c([N+](=O)[O-])c2)o1. The molecule has 3 aromatic rings. The van der Waals surface area contributed by atoms with Crippen LogP contribution in [0.5, 0.6) is 0 Å². The fraction of sp³-hybridized carbons (Fsp3) is 0. The smallest absolute Gasteiger partial charge is 0.348 e. The lowest BCUT2D eigenvalue weighted by atomic mass is 10.1. The quantitative estimate of drug-likeness (QED) is 0.345. The number of carbonyl (C=O) groups is 1. The van der Waals surface area contributed by atoms with E-state index in [0.717, 1.165) is 12.1 Å². The highest BCUT2D eigenvalue weighted by molar-refractivity contribution is 5.95. The van der Waals surface area contributed by atoms with Crippen LogP contribution in [0.25, 0.3) is 11.3 Å². The second kappa shape index (κ2) is 8.00. The molecule has 0 amide bonds. The van der Waals surface area contributed by atoms with Gasteiger partial charge in [0.2, 0.25) is 0 Å². The molecular formula is C18H12N4O7. The highest BCUT2D eigenvalue weighted by Crippen LogP contribution is 2.29.